The molecule has 1 amide bonds. The number of hydrogen-bond acceptors (Lipinski definition) is 4. The normalized spacial score (nSPS) is 11.4. The van der Waals surface area contributed by atoms with Gasteiger partial charge in [0.15, 0.2) is 0 Å². The molecule has 1 aromatic carbocycles. The molecule has 0 saturated heterocycles. The largest absolute Gasteiger partial charge is 0.495 e. The third kappa shape index (κ3) is 4.65. The molecule has 2 N–H and O–H groups in total. The maximum atomic E-state index is 11.9. The first-order chi connectivity index (χ1) is 9.37. The summed E-state index contributed by atoms with van der Waals surface area (Å²) in [7, 11) is 1.56. The van der Waals surface area contributed by atoms with Gasteiger partial charge in [-0.15, -0.1) is 0 Å². The van der Waals surface area contributed by atoms with E-state index in [2.05, 4.69) is 10.6 Å². The Kier molecular flexibility index (Phi) is 5.15. The van der Waals surface area contributed by atoms with Crippen molar-refractivity contribution < 1.29 is 9.53 Å². The van der Waals surface area contributed by atoms with Gasteiger partial charge in [0.1, 0.15) is 17.4 Å². The fourth-order valence-electron chi connectivity index (χ4n) is 1.47. The van der Waals surface area contributed by atoms with Gasteiger partial charge in [0.25, 0.3) is 5.91 Å². The molecule has 0 aliphatic carbocycles. The van der Waals surface area contributed by atoms with Gasteiger partial charge in [0.2, 0.25) is 0 Å². The van der Waals surface area contributed by atoms with Crippen LogP contribution < -0.4 is 15.4 Å². The van der Waals surface area contributed by atoms with Crippen molar-refractivity contribution in [1.29, 1.82) is 5.26 Å². The van der Waals surface area contributed by atoms with Crippen LogP contribution in [0, 0.1) is 11.3 Å². The van der Waals surface area contributed by atoms with Gasteiger partial charge in [-0.05, 0) is 32.9 Å². The molecular formula is C15H19N3O2. The van der Waals surface area contributed by atoms with Crippen LogP contribution in [0.25, 0.3) is 0 Å². The smallest absolute Gasteiger partial charge is 0.263 e. The summed E-state index contributed by atoms with van der Waals surface area (Å²) in [6, 6.07) is 9.14. The summed E-state index contributed by atoms with van der Waals surface area (Å²) in [5.74, 6) is 0.222. The van der Waals surface area contributed by atoms with E-state index >= 15 is 0 Å². The lowest BCUT2D eigenvalue weighted by Gasteiger charge is -2.20. The first-order valence-electron chi connectivity index (χ1n) is 6.19. The first-order valence-corrected chi connectivity index (χ1v) is 6.19. The molecule has 0 aliphatic heterocycles. The molecular weight excluding hydrogens is 254 g/mol. The van der Waals surface area contributed by atoms with Crippen molar-refractivity contribution in [3.8, 4) is 11.8 Å². The van der Waals surface area contributed by atoms with E-state index < -0.39 is 11.4 Å². The highest BCUT2D eigenvalue weighted by Crippen LogP contribution is 2.23. The highest BCUT2D eigenvalue weighted by Gasteiger charge is 2.17. The van der Waals surface area contributed by atoms with Gasteiger partial charge in [-0.2, -0.15) is 5.26 Å². The number of nitrogens with one attached hydrogen (secondary N) is 2. The summed E-state index contributed by atoms with van der Waals surface area (Å²) in [5, 5.41) is 14.7. The van der Waals surface area contributed by atoms with Crippen LogP contribution in [0.5, 0.6) is 5.75 Å². The Morgan fingerprint density at radius 2 is 2.00 bits per heavy atom. The Balaban J connectivity index is 2.86. The number of nitriles is 1. The lowest BCUT2D eigenvalue weighted by molar-refractivity contribution is -0.118. The monoisotopic (exact) mass is 273 g/mol. The zero-order valence-corrected chi connectivity index (χ0v) is 12.2. The minimum absolute atomic E-state index is 0.00540. The third-order valence-electron chi connectivity index (χ3n) is 2.33. The minimum atomic E-state index is -0.414. The molecule has 0 bridgehead atoms. The second-order valence-corrected chi connectivity index (χ2v) is 5.22. The lowest BCUT2D eigenvalue weighted by Crippen LogP contribution is -2.41. The third-order valence-corrected chi connectivity index (χ3v) is 2.33. The fraction of sp³-hybridized carbons (Fsp3) is 0.333. The quantitative estimate of drug-likeness (QED) is 0.652. The highest BCUT2D eigenvalue weighted by atomic mass is 16.5. The van der Waals surface area contributed by atoms with Crippen molar-refractivity contribution in [2.75, 3.05) is 12.4 Å². The number of carbonyl (C=O) groups is 1. The van der Waals surface area contributed by atoms with Crippen LogP contribution in [0.2, 0.25) is 0 Å². The van der Waals surface area contributed by atoms with Crippen molar-refractivity contribution in [3.63, 3.8) is 0 Å². The Morgan fingerprint density at radius 3 is 2.55 bits per heavy atom. The van der Waals surface area contributed by atoms with Crippen LogP contribution >= 0.6 is 0 Å². The van der Waals surface area contributed by atoms with Crippen LogP contribution in [0.1, 0.15) is 20.8 Å². The van der Waals surface area contributed by atoms with E-state index in [9.17, 15) is 4.79 Å². The van der Waals surface area contributed by atoms with Crippen LogP contribution in [0.4, 0.5) is 5.69 Å². The molecule has 0 radical (unpaired) electrons. The second kappa shape index (κ2) is 6.62. The molecule has 0 aromatic heterocycles. The summed E-state index contributed by atoms with van der Waals surface area (Å²) in [4.78, 5) is 11.9. The average molecular weight is 273 g/mol. The van der Waals surface area contributed by atoms with E-state index in [1.807, 2.05) is 39.0 Å². The summed E-state index contributed by atoms with van der Waals surface area (Å²) in [6.07, 6.45) is 1.37. The fourth-order valence-corrected chi connectivity index (χ4v) is 1.47. The molecule has 1 aromatic rings. The maximum absolute atomic E-state index is 11.9. The maximum Gasteiger partial charge on any atom is 0.263 e. The summed E-state index contributed by atoms with van der Waals surface area (Å²) in [5.41, 5.74) is 0.300. The number of anilines is 1. The Labute approximate surface area is 119 Å². The predicted molar refractivity (Wildman–Crippen MR) is 78.2 cm³/mol. The summed E-state index contributed by atoms with van der Waals surface area (Å²) >= 11 is 0. The van der Waals surface area contributed by atoms with Crippen molar-refractivity contribution in [3.05, 3.63) is 36.0 Å². The average Bonchev–Trinajstić information content (AvgIpc) is 2.37. The van der Waals surface area contributed by atoms with Gasteiger partial charge in [-0.3, -0.25) is 4.79 Å². The lowest BCUT2D eigenvalue weighted by atomic mass is 10.1. The molecule has 0 spiro atoms. The number of para-hydroxylation sites is 2. The summed E-state index contributed by atoms with van der Waals surface area (Å²) in [6.45, 7) is 5.56. The molecule has 0 unspecified atom stereocenters. The Morgan fingerprint density at radius 1 is 1.35 bits per heavy atom. The highest BCUT2D eigenvalue weighted by molar-refractivity contribution is 5.98. The number of nitrogens with zero attached hydrogens (tertiary/aromatic N) is 1. The Hall–Kier alpha value is -2.48. The predicted octanol–water partition coefficient (Wildman–Crippen LogP) is 2.43. The van der Waals surface area contributed by atoms with Crippen molar-refractivity contribution >= 4 is 11.6 Å². The first kappa shape index (κ1) is 15.6. The van der Waals surface area contributed by atoms with Gasteiger partial charge in [-0.1, -0.05) is 12.1 Å². The molecule has 20 heavy (non-hydrogen) atoms. The number of carbonyl (C=O) groups excluding carboxylic acids is 1. The molecule has 0 heterocycles. The number of methoxy groups -OCH3 is 1. The van der Waals surface area contributed by atoms with Gasteiger partial charge >= 0.3 is 0 Å². The minimum Gasteiger partial charge on any atom is -0.495 e. The number of benzene rings is 1. The molecule has 1 rings (SSSR count). The van der Waals surface area contributed by atoms with Crippen LogP contribution in [-0.2, 0) is 4.79 Å². The van der Waals surface area contributed by atoms with Gasteiger partial charge in [0.05, 0.1) is 12.8 Å². The van der Waals surface area contributed by atoms with Gasteiger partial charge < -0.3 is 15.4 Å². The van der Waals surface area contributed by atoms with Crippen molar-refractivity contribution in [2.24, 2.45) is 0 Å². The second-order valence-electron chi connectivity index (χ2n) is 5.22. The zero-order valence-electron chi connectivity index (χ0n) is 12.2. The van der Waals surface area contributed by atoms with Gasteiger partial charge in [0, 0.05) is 11.7 Å². The van der Waals surface area contributed by atoms with E-state index in [0.29, 0.717) is 11.4 Å². The van der Waals surface area contributed by atoms with E-state index in [1.165, 1.54) is 6.20 Å². The van der Waals surface area contributed by atoms with E-state index in [1.54, 1.807) is 19.2 Å². The Bertz CT molecular complexity index is 551. The molecule has 0 saturated carbocycles. The number of amides is 1. The van der Waals surface area contributed by atoms with E-state index in [4.69, 9.17) is 10.00 Å². The van der Waals surface area contributed by atoms with Crippen molar-refractivity contribution in [2.45, 2.75) is 26.3 Å². The summed E-state index contributed by atoms with van der Waals surface area (Å²) < 4.78 is 5.18. The standard InChI is InChI=1S/C15H19N3O2/c1-15(2,3)18-14(19)11(9-16)10-17-12-7-5-6-8-13(12)20-4/h5-8,10,17H,1-4H3,(H,18,19)/b11-10-. The van der Waals surface area contributed by atoms with E-state index in [-0.39, 0.29) is 5.57 Å². The molecule has 5 heteroatoms. The number of rotatable bonds is 4. The zero-order chi connectivity index (χ0) is 15.2. The molecule has 0 atom stereocenters. The van der Waals surface area contributed by atoms with Crippen LogP contribution in [0.15, 0.2) is 36.0 Å². The number of hydrogen-bond donors (Lipinski definition) is 2. The van der Waals surface area contributed by atoms with E-state index in [0.717, 1.165) is 0 Å². The van der Waals surface area contributed by atoms with Gasteiger partial charge in [-0.25, -0.2) is 0 Å². The van der Waals surface area contributed by atoms with Crippen LogP contribution in [0.3, 0.4) is 0 Å². The molecule has 0 aliphatic rings. The molecule has 0 fully saturated rings. The molecule has 106 valence electrons. The molecule has 5 nitrogen and oxygen atoms in total. The topological polar surface area (TPSA) is 74.1 Å². The SMILES string of the molecule is COc1ccccc1N/C=C(/C#N)C(=O)NC(C)(C)C. The number of ether oxygens (including phenoxy) is 1. The van der Waals surface area contributed by atoms with Crippen LogP contribution in [-0.4, -0.2) is 18.6 Å². The van der Waals surface area contributed by atoms with Crippen molar-refractivity contribution in [1.82, 2.24) is 5.32 Å².